The van der Waals surface area contributed by atoms with E-state index in [9.17, 15) is 9.90 Å². The minimum atomic E-state index is -0.566. The second-order valence-corrected chi connectivity index (χ2v) is 13.3. The number of methoxy groups -OCH3 is 2. The highest BCUT2D eigenvalue weighted by Gasteiger charge is 2.39. The summed E-state index contributed by atoms with van der Waals surface area (Å²) in [5, 5.41) is 18.1. The second-order valence-electron chi connectivity index (χ2n) is 12.6. The van der Waals surface area contributed by atoms with Gasteiger partial charge >= 0.3 is 0 Å². The summed E-state index contributed by atoms with van der Waals surface area (Å²) in [7, 11) is 3.26. The van der Waals surface area contributed by atoms with Gasteiger partial charge in [0, 0.05) is 85.3 Å². The van der Waals surface area contributed by atoms with Crippen molar-refractivity contribution in [1.82, 2.24) is 25.5 Å². The molecule has 0 unspecified atom stereocenters. The topological polar surface area (TPSA) is 109 Å². The Morgan fingerprint density at radius 3 is 2.40 bits per heavy atom. The molecular formula is C37H41Cl2N5O4. The Morgan fingerprint density at radius 1 is 0.958 bits per heavy atom. The lowest BCUT2D eigenvalue weighted by Gasteiger charge is -2.31. The maximum absolute atomic E-state index is 11.7. The fourth-order valence-corrected chi connectivity index (χ4v) is 6.81. The molecule has 1 aliphatic carbocycles. The predicted molar refractivity (Wildman–Crippen MR) is 189 cm³/mol. The molecule has 0 radical (unpaired) electrons. The molecule has 9 nitrogen and oxygen atoms in total. The molecule has 3 heterocycles. The van der Waals surface area contributed by atoms with Crippen LogP contribution in [-0.4, -0.2) is 71.4 Å². The number of aromatic nitrogens is 2. The van der Waals surface area contributed by atoms with Crippen LogP contribution in [0.25, 0.3) is 33.6 Å². The number of carbonyl (C=O) groups is 1. The molecular weight excluding hydrogens is 649 g/mol. The summed E-state index contributed by atoms with van der Waals surface area (Å²) in [4.78, 5) is 23.0. The molecule has 1 saturated carbocycles. The number of halogens is 2. The van der Waals surface area contributed by atoms with Gasteiger partial charge in [0.15, 0.2) is 0 Å². The van der Waals surface area contributed by atoms with E-state index in [0.717, 1.165) is 72.2 Å². The zero-order chi connectivity index (χ0) is 33.8. The fraction of sp³-hybridized carbons (Fsp3) is 0.378. The van der Waals surface area contributed by atoms with E-state index in [4.69, 9.17) is 37.7 Å². The number of rotatable bonds is 12. The van der Waals surface area contributed by atoms with Crippen molar-refractivity contribution in [2.75, 3.05) is 33.9 Å². The standard InChI is InChI=1S/C37H41Cl2N5O4/c1-23(45)44-17-12-27(13-18-44)42-21-26-9-10-31(43-36(26)48-3)30-6-4-5-28(33(30)38)29-11-16-41-35(34(29)39)24-7-8-25(32(19-24)47-2)20-40-22-37(46)14-15-37/h4-11,16,19,27,40,42,46H,12-15,17-18,20-22H2,1-3H3. The van der Waals surface area contributed by atoms with E-state index < -0.39 is 5.60 Å². The number of nitrogens with one attached hydrogen (secondary N) is 2. The van der Waals surface area contributed by atoms with Crippen LogP contribution in [0.5, 0.6) is 11.6 Å². The first-order chi connectivity index (χ1) is 23.2. The van der Waals surface area contributed by atoms with Gasteiger partial charge in [0.2, 0.25) is 11.8 Å². The molecule has 4 aromatic rings. The molecule has 2 aromatic heterocycles. The second kappa shape index (κ2) is 14.8. The summed E-state index contributed by atoms with van der Waals surface area (Å²) in [5.74, 6) is 1.37. The largest absolute Gasteiger partial charge is 0.496 e. The fourth-order valence-electron chi connectivity index (χ4n) is 6.16. The van der Waals surface area contributed by atoms with Gasteiger partial charge in [-0.2, -0.15) is 0 Å². The normalized spacial score (nSPS) is 15.8. The Bertz CT molecular complexity index is 1790. The quantitative estimate of drug-likeness (QED) is 0.154. The lowest BCUT2D eigenvalue weighted by atomic mass is 9.99. The highest BCUT2D eigenvalue weighted by Crippen LogP contribution is 2.42. The third-order valence-corrected chi connectivity index (χ3v) is 10.1. The number of amides is 1. The first kappa shape index (κ1) is 34.1. The molecule has 0 spiro atoms. The Kier molecular flexibility index (Phi) is 10.5. The van der Waals surface area contributed by atoms with Gasteiger partial charge in [-0.15, -0.1) is 0 Å². The number of nitrogens with zero attached hydrogens (tertiary/aromatic N) is 3. The number of pyridine rings is 2. The number of ether oxygens (including phenoxy) is 2. The van der Waals surface area contributed by atoms with Crippen molar-refractivity contribution >= 4 is 29.1 Å². The lowest BCUT2D eigenvalue weighted by Crippen LogP contribution is -2.44. The van der Waals surface area contributed by atoms with Gasteiger partial charge in [-0.1, -0.05) is 59.6 Å². The Labute approximate surface area is 291 Å². The zero-order valence-electron chi connectivity index (χ0n) is 27.5. The van der Waals surface area contributed by atoms with Crippen molar-refractivity contribution < 1.29 is 19.4 Å². The summed E-state index contributed by atoms with van der Waals surface area (Å²) in [6.45, 7) is 4.90. The Morgan fingerprint density at radius 2 is 1.69 bits per heavy atom. The van der Waals surface area contributed by atoms with Crippen LogP contribution < -0.4 is 20.1 Å². The van der Waals surface area contributed by atoms with Crippen molar-refractivity contribution in [3.05, 3.63) is 82.0 Å². The number of carbonyl (C=O) groups excluding carboxylic acids is 1. The molecule has 1 amide bonds. The molecule has 252 valence electrons. The summed E-state index contributed by atoms with van der Waals surface area (Å²) < 4.78 is 11.4. The molecule has 6 rings (SSSR count). The van der Waals surface area contributed by atoms with Gasteiger partial charge in [-0.05, 0) is 43.9 Å². The first-order valence-electron chi connectivity index (χ1n) is 16.3. The van der Waals surface area contributed by atoms with Crippen LogP contribution in [0, 0.1) is 0 Å². The van der Waals surface area contributed by atoms with Crippen molar-refractivity contribution in [2.45, 2.75) is 57.3 Å². The Hall–Kier alpha value is -3.73. The molecule has 1 aliphatic heterocycles. The van der Waals surface area contributed by atoms with Gasteiger partial charge < -0.3 is 30.1 Å². The molecule has 2 aliphatic rings. The highest BCUT2D eigenvalue weighted by molar-refractivity contribution is 6.39. The lowest BCUT2D eigenvalue weighted by molar-refractivity contribution is -0.129. The van der Waals surface area contributed by atoms with E-state index in [0.29, 0.717) is 58.7 Å². The molecule has 2 fully saturated rings. The third kappa shape index (κ3) is 7.61. The molecule has 48 heavy (non-hydrogen) atoms. The number of aliphatic hydroxyl groups is 1. The van der Waals surface area contributed by atoms with Gasteiger partial charge in [0.1, 0.15) is 5.75 Å². The monoisotopic (exact) mass is 689 g/mol. The third-order valence-electron chi connectivity index (χ3n) is 9.27. The first-order valence-corrected chi connectivity index (χ1v) is 17.0. The predicted octanol–water partition coefficient (Wildman–Crippen LogP) is 6.52. The van der Waals surface area contributed by atoms with Crippen LogP contribution in [0.4, 0.5) is 0 Å². The van der Waals surface area contributed by atoms with E-state index in [-0.39, 0.29) is 5.91 Å². The van der Waals surface area contributed by atoms with E-state index in [2.05, 4.69) is 15.6 Å². The Balaban J connectivity index is 1.21. The van der Waals surface area contributed by atoms with Crippen LogP contribution >= 0.6 is 23.2 Å². The van der Waals surface area contributed by atoms with Crippen molar-refractivity contribution in [3.63, 3.8) is 0 Å². The van der Waals surface area contributed by atoms with Gasteiger partial charge in [0.25, 0.3) is 0 Å². The van der Waals surface area contributed by atoms with Crippen LogP contribution in [0.15, 0.2) is 60.8 Å². The molecule has 11 heteroatoms. The average molecular weight is 691 g/mol. The van der Waals surface area contributed by atoms with E-state index >= 15 is 0 Å². The minimum absolute atomic E-state index is 0.130. The maximum Gasteiger partial charge on any atom is 0.219 e. The van der Waals surface area contributed by atoms with Gasteiger partial charge in [0.05, 0.1) is 41.3 Å². The maximum atomic E-state index is 11.7. The number of likely N-dealkylation sites (tertiary alicyclic amines) is 1. The number of hydrogen-bond donors (Lipinski definition) is 3. The zero-order valence-corrected chi connectivity index (χ0v) is 29.0. The SMILES string of the molecule is COc1cc(-c2nccc(-c3cccc(-c4ccc(CNC5CCN(C(C)=O)CC5)c(OC)n4)c3Cl)c2Cl)ccc1CNCC1(O)CC1. The minimum Gasteiger partial charge on any atom is -0.496 e. The van der Waals surface area contributed by atoms with Crippen molar-refractivity contribution in [1.29, 1.82) is 0 Å². The summed E-state index contributed by atoms with van der Waals surface area (Å²) >= 11 is 14.1. The molecule has 1 saturated heterocycles. The van der Waals surface area contributed by atoms with Crippen molar-refractivity contribution in [2.24, 2.45) is 0 Å². The smallest absolute Gasteiger partial charge is 0.219 e. The molecule has 3 N–H and O–H groups in total. The van der Waals surface area contributed by atoms with Gasteiger partial charge in [-0.3, -0.25) is 9.78 Å². The number of benzene rings is 2. The van der Waals surface area contributed by atoms with Crippen LogP contribution in [0.1, 0.15) is 43.7 Å². The molecule has 2 aromatic carbocycles. The highest BCUT2D eigenvalue weighted by atomic mass is 35.5. The van der Waals surface area contributed by atoms with Gasteiger partial charge in [-0.25, -0.2) is 4.98 Å². The van der Waals surface area contributed by atoms with E-state index in [1.165, 1.54) is 0 Å². The van der Waals surface area contributed by atoms with E-state index in [1.807, 2.05) is 59.5 Å². The van der Waals surface area contributed by atoms with Crippen LogP contribution in [0.3, 0.4) is 0 Å². The average Bonchev–Trinajstić information content (AvgIpc) is 3.84. The number of hydrogen-bond acceptors (Lipinski definition) is 8. The van der Waals surface area contributed by atoms with Crippen LogP contribution in [0.2, 0.25) is 10.0 Å². The summed E-state index contributed by atoms with van der Waals surface area (Å²) in [6.07, 6.45) is 5.23. The van der Waals surface area contributed by atoms with E-state index in [1.54, 1.807) is 27.3 Å². The summed E-state index contributed by atoms with van der Waals surface area (Å²) in [6, 6.07) is 17.9. The molecule has 0 bridgehead atoms. The molecule has 0 atom stereocenters. The van der Waals surface area contributed by atoms with Crippen molar-refractivity contribution in [3.8, 4) is 45.3 Å². The van der Waals surface area contributed by atoms with Crippen LogP contribution in [-0.2, 0) is 17.9 Å². The number of piperidine rings is 1. The summed E-state index contributed by atoms with van der Waals surface area (Å²) in [5.41, 5.74) is 5.74.